The van der Waals surface area contributed by atoms with E-state index in [1.807, 2.05) is 0 Å². The molecule has 0 aromatic heterocycles. The molecule has 19 heavy (non-hydrogen) atoms. The van der Waals surface area contributed by atoms with Gasteiger partial charge in [-0.3, -0.25) is 4.79 Å². The lowest BCUT2D eigenvalue weighted by Gasteiger charge is -2.14. The summed E-state index contributed by atoms with van der Waals surface area (Å²) in [5.74, 6) is -7.84. The lowest BCUT2D eigenvalue weighted by molar-refractivity contribution is -0.145. The standard InChI is InChI=1S/C11H9BrF4O3/c1-2-19-5(18)3-4(17)6-8(13)10(15)7(12)11(16)9(6)14/h4,17H,2-3H2,1H3. The summed E-state index contributed by atoms with van der Waals surface area (Å²) in [5.41, 5.74) is -1.24. The second-order valence-electron chi connectivity index (χ2n) is 3.51. The van der Waals surface area contributed by atoms with Crippen molar-refractivity contribution >= 4 is 21.9 Å². The molecule has 1 rings (SSSR count). The fourth-order valence-electron chi connectivity index (χ4n) is 1.39. The Bertz CT molecular complexity index is 478. The lowest BCUT2D eigenvalue weighted by Crippen LogP contribution is -2.15. The van der Waals surface area contributed by atoms with Gasteiger partial charge in [-0.25, -0.2) is 17.6 Å². The summed E-state index contributed by atoms with van der Waals surface area (Å²) in [7, 11) is 0. The number of halogens is 5. The highest BCUT2D eigenvalue weighted by Gasteiger charge is 2.29. The Labute approximate surface area is 114 Å². The first kappa shape index (κ1) is 15.9. The number of aliphatic hydroxyl groups is 1. The van der Waals surface area contributed by atoms with Crippen molar-refractivity contribution in [3.05, 3.63) is 33.3 Å². The molecule has 0 fully saturated rings. The Hall–Kier alpha value is -1.15. The van der Waals surface area contributed by atoms with E-state index in [0.717, 1.165) is 0 Å². The summed E-state index contributed by atoms with van der Waals surface area (Å²) >= 11 is 2.34. The average molecular weight is 345 g/mol. The molecule has 1 N–H and O–H groups in total. The van der Waals surface area contributed by atoms with E-state index in [2.05, 4.69) is 20.7 Å². The Morgan fingerprint density at radius 2 is 1.68 bits per heavy atom. The van der Waals surface area contributed by atoms with Crippen LogP contribution in [-0.4, -0.2) is 17.7 Å². The third-order valence-electron chi connectivity index (χ3n) is 2.24. The molecule has 0 bridgehead atoms. The van der Waals surface area contributed by atoms with Gasteiger partial charge in [0.1, 0.15) is 0 Å². The van der Waals surface area contributed by atoms with Gasteiger partial charge in [0.05, 0.1) is 29.2 Å². The maximum Gasteiger partial charge on any atom is 0.308 e. The molecule has 1 unspecified atom stereocenters. The highest BCUT2D eigenvalue weighted by molar-refractivity contribution is 9.10. The number of hydrogen-bond acceptors (Lipinski definition) is 3. The zero-order chi connectivity index (χ0) is 14.7. The van der Waals surface area contributed by atoms with Crippen LogP contribution in [0.4, 0.5) is 17.6 Å². The highest BCUT2D eigenvalue weighted by atomic mass is 79.9. The van der Waals surface area contributed by atoms with Crippen molar-refractivity contribution in [1.29, 1.82) is 0 Å². The zero-order valence-corrected chi connectivity index (χ0v) is 11.2. The van der Waals surface area contributed by atoms with Crippen molar-refractivity contribution in [3.8, 4) is 0 Å². The van der Waals surface area contributed by atoms with Crippen LogP contribution in [0.5, 0.6) is 0 Å². The predicted octanol–water partition coefficient (Wildman–Crippen LogP) is 2.99. The van der Waals surface area contributed by atoms with Gasteiger partial charge in [0.15, 0.2) is 23.3 Å². The molecule has 3 nitrogen and oxygen atoms in total. The van der Waals surface area contributed by atoms with Gasteiger partial charge in [-0.15, -0.1) is 0 Å². The highest BCUT2D eigenvalue weighted by Crippen LogP contribution is 2.32. The van der Waals surface area contributed by atoms with Crippen LogP contribution in [0.1, 0.15) is 25.0 Å². The maximum atomic E-state index is 13.5. The molecular weight excluding hydrogens is 336 g/mol. The molecule has 106 valence electrons. The zero-order valence-electron chi connectivity index (χ0n) is 9.65. The van der Waals surface area contributed by atoms with Crippen molar-refractivity contribution in [2.24, 2.45) is 0 Å². The average Bonchev–Trinajstić information content (AvgIpc) is 2.34. The van der Waals surface area contributed by atoms with Gasteiger partial charge in [0.2, 0.25) is 0 Å². The molecule has 0 radical (unpaired) electrons. The maximum absolute atomic E-state index is 13.5. The monoisotopic (exact) mass is 344 g/mol. The minimum absolute atomic E-state index is 0.000419. The minimum Gasteiger partial charge on any atom is -0.466 e. The number of aliphatic hydroxyl groups excluding tert-OH is 1. The van der Waals surface area contributed by atoms with Crippen molar-refractivity contribution in [1.82, 2.24) is 0 Å². The summed E-state index contributed by atoms with van der Waals surface area (Å²) in [6.45, 7) is 1.49. The molecule has 0 saturated carbocycles. The molecule has 0 saturated heterocycles. The molecule has 1 aromatic carbocycles. The van der Waals surface area contributed by atoms with Crippen LogP contribution in [-0.2, 0) is 9.53 Å². The van der Waals surface area contributed by atoms with E-state index in [1.54, 1.807) is 0 Å². The van der Waals surface area contributed by atoms with Gasteiger partial charge in [-0.1, -0.05) is 0 Å². The quantitative estimate of drug-likeness (QED) is 0.395. The van der Waals surface area contributed by atoms with Crippen LogP contribution >= 0.6 is 15.9 Å². The van der Waals surface area contributed by atoms with Crippen LogP contribution in [0, 0.1) is 23.3 Å². The number of hydrogen-bond donors (Lipinski definition) is 1. The first-order chi connectivity index (χ1) is 8.81. The van der Waals surface area contributed by atoms with Crippen molar-refractivity contribution in [3.63, 3.8) is 0 Å². The molecule has 0 aliphatic heterocycles. The summed E-state index contributed by atoms with van der Waals surface area (Å²) < 4.78 is 56.8. The van der Waals surface area contributed by atoms with Gasteiger partial charge < -0.3 is 9.84 Å². The van der Waals surface area contributed by atoms with Crippen LogP contribution in [0.25, 0.3) is 0 Å². The third kappa shape index (κ3) is 3.24. The molecular formula is C11H9BrF4O3. The summed E-state index contributed by atoms with van der Waals surface area (Å²) in [6.07, 6.45) is -2.86. The van der Waals surface area contributed by atoms with E-state index in [0.29, 0.717) is 0 Å². The summed E-state index contributed by atoms with van der Waals surface area (Å²) in [6, 6.07) is 0. The van der Waals surface area contributed by atoms with E-state index < -0.39 is 51.8 Å². The molecule has 1 aromatic rings. The largest absolute Gasteiger partial charge is 0.466 e. The lowest BCUT2D eigenvalue weighted by atomic mass is 10.0. The molecule has 0 amide bonds. The van der Waals surface area contributed by atoms with Gasteiger partial charge in [-0.05, 0) is 22.9 Å². The van der Waals surface area contributed by atoms with Gasteiger partial charge in [0.25, 0.3) is 0 Å². The van der Waals surface area contributed by atoms with Crippen molar-refractivity contribution in [2.45, 2.75) is 19.4 Å². The van der Waals surface area contributed by atoms with Crippen LogP contribution in [0.15, 0.2) is 4.47 Å². The van der Waals surface area contributed by atoms with Crippen molar-refractivity contribution < 1.29 is 32.2 Å². The second kappa shape index (κ2) is 6.33. The number of benzene rings is 1. The molecule has 1 atom stereocenters. The van der Waals surface area contributed by atoms with E-state index >= 15 is 0 Å². The first-order valence-corrected chi connectivity index (χ1v) is 5.95. The van der Waals surface area contributed by atoms with E-state index in [4.69, 9.17) is 0 Å². The molecule has 0 aliphatic rings. The van der Waals surface area contributed by atoms with Crippen molar-refractivity contribution in [2.75, 3.05) is 6.61 Å². The Morgan fingerprint density at radius 1 is 1.21 bits per heavy atom. The first-order valence-electron chi connectivity index (χ1n) is 5.16. The molecule has 0 heterocycles. The fourth-order valence-corrected chi connectivity index (χ4v) is 1.74. The Balaban J connectivity index is 3.17. The second-order valence-corrected chi connectivity index (χ2v) is 4.30. The van der Waals surface area contributed by atoms with Gasteiger partial charge in [-0.2, -0.15) is 0 Å². The summed E-state index contributed by atoms with van der Waals surface area (Å²) in [4.78, 5) is 11.1. The van der Waals surface area contributed by atoms with Crippen LogP contribution in [0.2, 0.25) is 0 Å². The van der Waals surface area contributed by atoms with E-state index in [1.165, 1.54) is 6.92 Å². The van der Waals surface area contributed by atoms with Crippen LogP contribution in [0.3, 0.4) is 0 Å². The van der Waals surface area contributed by atoms with Gasteiger partial charge >= 0.3 is 5.97 Å². The molecule has 8 heteroatoms. The van der Waals surface area contributed by atoms with E-state index in [-0.39, 0.29) is 6.61 Å². The number of ether oxygens (including phenoxy) is 1. The van der Waals surface area contributed by atoms with Crippen LogP contribution < -0.4 is 0 Å². The predicted molar refractivity (Wildman–Crippen MR) is 60.2 cm³/mol. The third-order valence-corrected chi connectivity index (χ3v) is 2.94. The van der Waals surface area contributed by atoms with E-state index in [9.17, 15) is 27.5 Å². The minimum atomic E-state index is -2.05. The molecule has 0 aliphatic carbocycles. The number of carbonyl (C=O) groups excluding carboxylic acids is 1. The SMILES string of the molecule is CCOC(=O)CC(O)c1c(F)c(F)c(Br)c(F)c1F. The number of carbonyl (C=O) groups is 1. The molecule has 0 spiro atoms. The smallest absolute Gasteiger partial charge is 0.308 e. The van der Waals surface area contributed by atoms with Gasteiger partial charge in [0, 0.05) is 0 Å². The normalized spacial score (nSPS) is 12.4. The summed E-state index contributed by atoms with van der Waals surface area (Å²) in [5, 5.41) is 9.49. The number of esters is 1. The Morgan fingerprint density at radius 3 is 2.11 bits per heavy atom. The Kier molecular flexibility index (Phi) is 5.30. The fraction of sp³-hybridized carbons (Fsp3) is 0.364. The topological polar surface area (TPSA) is 46.5 Å². The number of rotatable bonds is 4.